The van der Waals surface area contributed by atoms with E-state index in [1.807, 2.05) is 42.5 Å². The maximum atomic E-state index is 10.9. The number of ether oxygens (including phenoxy) is 2. The number of amides is 2. The Morgan fingerprint density at radius 1 is 0.912 bits per heavy atom. The summed E-state index contributed by atoms with van der Waals surface area (Å²) in [5, 5.41) is 9.49. The lowest BCUT2D eigenvalue weighted by Gasteiger charge is -2.30. The molecular weight excluding hydrogens is 456 g/mol. The molecular formula is C26H27ClN2O5. The number of primary amides is 1. The van der Waals surface area contributed by atoms with E-state index in [1.54, 1.807) is 36.4 Å². The summed E-state index contributed by atoms with van der Waals surface area (Å²) in [5.74, 6) is 1.07. The first-order valence-corrected chi connectivity index (χ1v) is 11.2. The second-order valence-corrected chi connectivity index (χ2v) is 8.14. The Balaban J connectivity index is 0.000000191. The average molecular weight is 483 g/mol. The quantitative estimate of drug-likeness (QED) is 0.501. The van der Waals surface area contributed by atoms with Gasteiger partial charge in [0.05, 0.1) is 0 Å². The zero-order valence-electron chi connectivity index (χ0n) is 18.6. The summed E-state index contributed by atoms with van der Waals surface area (Å²) in [6.45, 7) is 1.58. The summed E-state index contributed by atoms with van der Waals surface area (Å²) in [7, 11) is 0. The smallest absolute Gasteiger partial charge is 0.407 e. The minimum Gasteiger partial charge on any atom is -0.490 e. The van der Waals surface area contributed by atoms with E-state index in [1.165, 1.54) is 4.90 Å². The van der Waals surface area contributed by atoms with E-state index in [2.05, 4.69) is 0 Å². The largest absolute Gasteiger partial charge is 0.490 e. The number of hydrogen-bond donors (Lipinski definition) is 2. The molecule has 8 heteroatoms. The maximum Gasteiger partial charge on any atom is 0.407 e. The van der Waals surface area contributed by atoms with E-state index >= 15 is 0 Å². The van der Waals surface area contributed by atoms with Crippen LogP contribution in [0, 0.1) is 0 Å². The molecule has 0 spiro atoms. The fourth-order valence-electron chi connectivity index (χ4n) is 3.33. The number of piperidine rings is 1. The Bertz CT molecular complexity index is 1050. The van der Waals surface area contributed by atoms with Gasteiger partial charge in [0.25, 0.3) is 0 Å². The molecule has 0 bridgehead atoms. The molecule has 34 heavy (non-hydrogen) atoms. The minimum atomic E-state index is -0.852. The number of likely N-dealkylation sites (tertiary alicyclic amines) is 1. The van der Waals surface area contributed by atoms with E-state index in [0.717, 1.165) is 29.9 Å². The molecule has 0 radical (unpaired) electrons. The van der Waals surface area contributed by atoms with Crippen LogP contribution < -0.4 is 15.2 Å². The van der Waals surface area contributed by atoms with Crippen molar-refractivity contribution in [2.45, 2.75) is 25.6 Å². The summed E-state index contributed by atoms with van der Waals surface area (Å²) in [6, 6.07) is 23.9. The van der Waals surface area contributed by atoms with Crippen molar-refractivity contribution in [2.75, 3.05) is 13.1 Å². The molecule has 0 saturated carbocycles. The molecule has 0 atom stereocenters. The third-order valence-corrected chi connectivity index (χ3v) is 5.47. The summed E-state index contributed by atoms with van der Waals surface area (Å²) in [4.78, 5) is 23.0. The van der Waals surface area contributed by atoms with Crippen LogP contribution in [-0.2, 0) is 6.61 Å². The second-order valence-electron chi connectivity index (χ2n) is 7.70. The molecule has 1 saturated heterocycles. The monoisotopic (exact) mass is 482 g/mol. The van der Waals surface area contributed by atoms with Crippen molar-refractivity contribution in [1.82, 2.24) is 4.90 Å². The lowest BCUT2D eigenvalue weighted by Crippen LogP contribution is -2.41. The molecule has 1 aliphatic rings. The highest BCUT2D eigenvalue weighted by molar-refractivity contribution is 6.30. The van der Waals surface area contributed by atoms with Gasteiger partial charge < -0.3 is 25.2 Å². The van der Waals surface area contributed by atoms with Gasteiger partial charge in [0, 0.05) is 36.5 Å². The first-order chi connectivity index (χ1) is 16.4. The van der Waals surface area contributed by atoms with E-state index in [9.17, 15) is 9.59 Å². The number of carbonyl (C=O) groups excluding carboxylic acids is 1. The van der Waals surface area contributed by atoms with Crippen molar-refractivity contribution in [1.29, 1.82) is 0 Å². The number of rotatable bonds is 6. The molecule has 1 aliphatic heterocycles. The van der Waals surface area contributed by atoms with Gasteiger partial charge >= 0.3 is 6.09 Å². The van der Waals surface area contributed by atoms with Crippen molar-refractivity contribution >= 4 is 23.6 Å². The normalized spacial score (nSPS) is 13.4. The first kappa shape index (κ1) is 24.9. The number of carboxylic acid groups (broad SMARTS) is 1. The fourth-order valence-corrected chi connectivity index (χ4v) is 3.45. The van der Waals surface area contributed by atoms with E-state index in [4.69, 9.17) is 31.9 Å². The Morgan fingerprint density at radius 3 is 2.06 bits per heavy atom. The molecule has 1 heterocycles. The molecule has 0 aromatic heterocycles. The SMILES string of the molecule is NC(=O)c1ccc(OCc2ccccc2)cc1.O=C(O)N1CCC(Oc2ccc(Cl)cc2)CC1. The summed E-state index contributed by atoms with van der Waals surface area (Å²) >= 11 is 5.78. The third kappa shape index (κ3) is 8.01. The first-order valence-electron chi connectivity index (χ1n) is 10.9. The molecule has 2 amide bonds. The molecule has 0 aliphatic carbocycles. The average Bonchev–Trinajstić information content (AvgIpc) is 2.86. The molecule has 3 aromatic rings. The van der Waals surface area contributed by atoms with Gasteiger partial charge in [0.1, 0.15) is 24.2 Å². The standard InChI is InChI=1S/C14H13NO2.C12H14ClNO3/c15-14(16)12-6-8-13(9-7-12)17-10-11-4-2-1-3-5-11;13-9-1-3-10(4-2-9)17-11-5-7-14(8-6-11)12(15)16/h1-9H,10H2,(H2,15,16);1-4,11H,5-8H2,(H,15,16). The maximum absolute atomic E-state index is 10.9. The van der Waals surface area contributed by atoms with Crippen LogP contribution in [0.15, 0.2) is 78.9 Å². The van der Waals surface area contributed by atoms with E-state index in [0.29, 0.717) is 30.3 Å². The van der Waals surface area contributed by atoms with E-state index in [-0.39, 0.29) is 6.10 Å². The van der Waals surface area contributed by atoms with Crippen LogP contribution in [0.5, 0.6) is 11.5 Å². The summed E-state index contributed by atoms with van der Waals surface area (Å²) in [6.07, 6.45) is 0.700. The molecule has 4 rings (SSSR count). The number of hydrogen-bond acceptors (Lipinski definition) is 4. The molecule has 1 fully saturated rings. The molecule has 3 N–H and O–H groups in total. The van der Waals surface area contributed by atoms with Gasteiger partial charge in [-0.25, -0.2) is 4.79 Å². The van der Waals surface area contributed by atoms with Crippen LogP contribution >= 0.6 is 11.6 Å². The van der Waals surface area contributed by atoms with Crippen molar-refractivity contribution in [3.05, 3.63) is 95.0 Å². The fraction of sp³-hybridized carbons (Fsp3) is 0.231. The Hall–Kier alpha value is -3.71. The van der Waals surface area contributed by atoms with Gasteiger partial charge in [-0.3, -0.25) is 4.79 Å². The molecule has 178 valence electrons. The van der Waals surface area contributed by atoms with Gasteiger partial charge in [0.15, 0.2) is 0 Å². The predicted molar refractivity (Wildman–Crippen MR) is 130 cm³/mol. The highest BCUT2D eigenvalue weighted by Crippen LogP contribution is 2.21. The topological polar surface area (TPSA) is 102 Å². The highest BCUT2D eigenvalue weighted by Gasteiger charge is 2.23. The van der Waals surface area contributed by atoms with Crippen molar-refractivity contribution in [3.8, 4) is 11.5 Å². The van der Waals surface area contributed by atoms with Crippen LogP contribution in [0.1, 0.15) is 28.8 Å². The van der Waals surface area contributed by atoms with Crippen LogP contribution in [-0.4, -0.2) is 41.2 Å². The van der Waals surface area contributed by atoms with Crippen molar-refractivity contribution < 1.29 is 24.2 Å². The van der Waals surface area contributed by atoms with Crippen molar-refractivity contribution in [2.24, 2.45) is 5.73 Å². The minimum absolute atomic E-state index is 0.0896. The van der Waals surface area contributed by atoms with Gasteiger partial charge in [-0.15, -0.1) is 0 Å². The number of carbonyl (C=O) groups is 2. The number of nitrogens with zero attached hydrogens (tertiary/aromatic N) is 1. The van der Waals surface area contributed by atoms with Gasteiger partial charge in [-0.2, -0.15) is 0 Å². The lowest BCUT2D eigenvalue weighted by atomic mass is 10.1. The Morgan fingerprint density at radius 2 is 1.50 bits per heavy atom. The van der Waals surface area contributed by atoms with E-state index < -0.39 is 12.0 Å². The van der Waals surface area contributed by atoms with Crippen molar-refractivity contribution in [3.63, 3.8) is 0 Å². The molecule has 7 nitrogen and oxygen atoms in total. The van der Waals surface area contributed by atoms with Gasteiger partial charge in [-0.1, -0.05) is 41.9 Å². The van der Waals surface area contributed by atoms with Crippen LogP contribution in [0.4, 0.5) is 4.79 Å². The zero-order chi connectivity index (χ0) is 24.3. The molecule has 3 aromatic carbocycles. The summed E-state index contributed by atoms with van der Waals surface area (Å²) < 4.78 is 11.3. The summed E-state index contributed by atoms with van der Waals surface area (Å²) in [5.41, 5.74) is 6.74. The number of benzene rings is 3. The second kappa shape index (κ2) is 12.5. The zero-order valence-corrected chi connectivity index (χ0v) is 19.4. The van der Waals surface area contributed by atoms with Crippen LogP contribution in [0.25, 0.3) is 0 Å². The Labute approximate surface area is 203 Å². The number of nitrogens with two attached hydrogens (primary N) is 1. The van der Waals surface area contributed by atoms with Crippen LogP contribution in [0.3, 0.4) is 0 Å². The van der Waals surface area contributed by atoms with Crippen LogP contribution in [0.2, 0.25) is 5.02 Å². The number of halogens is 1. The van der Waals surface area contributed by atoms with Gasteiger partial charge in [0.2, 0.25) is 5.91 Å². The molecule has 0 unspecified atom stereocenters. The predicted octanol–water partition coefficient (Wildman–Crippen LogP) is 5.23. The van der Waals surface area contributed by atoms with Gasteiger partial charge in [-0.05, 0) is 54.1 Å². The highest BCUT2D eigenvalue weighted by atomic mass is 35.5. The lowest BCUT2D eigenvalue weighted by molar-refractivity contribution is 0.0894. The Kier molecular flexibility index (Phi) is 9.17. The third-order valence-electron chi connectivity index (χ3n) is 5.22.